The number of hydrogen-bond acceptors (Lipinski definition) is 5. The number of carbonyl (C=O) groups excluding carboxylic acids is 2. The molecule has 29 heavy (non-hydrogen) atoms. The molecule has 0 unspecified atom stereocenters. The van der Waals surface area contributed by atoms with Gasteiger partial charge in [-0.25, -0.2) is 4.79 Å². The number of esters is 1. The molecule has 6 nitrogen and oxygen atoms in total. The van der Waals surface area contributed by atoms with Crippen LogP contribution in [0.2, 0.25) is 0 Å². The number of anilines is 2. The minimum absolute atomic E-state index is 0.218. The highest BCUT2D eigenvalue weighted by atomic mass is 16.5. The second-order valence-corrected chi connectivity index (χ2v) is 6.89. The molecule has 6 heteroatoms. The maximum Gasteiger partial charge on any atom is 0.341 e. The van der Waals surface area contributed by atoms with E-state index in [1.54, 1.807) is 42.4 Å². The highest BCUT2D eigenvalue weighted by Gasteiger charge is 2.30. The van der Waals surface area contributed by atoms with Crippen LogP contribution in [0.5, 0.6) is 0 Å². The smallest absolute Gasteiger partial charge is 0.341 e. The highest BCUT2D eigenvalue weighted by molar-refractivity contribution is 6.01. The Hall–Kier alpha value is -3.54. The van der Waals surface area contributed by atoms with E-state index in [1.807, 2.05) is 36.4 Å². The molecule has 1 amide bonds. The second-order valence-electron chi connectivity index (χ2n) is 6.89. The number of amides is 1. The third-order valence-electron chi connectivity index (χ3n) is 4.96. The molecule has 1 aliphatic heterocycles. The van der Waals surface area contributed by atoms with Gasteiger partial charge >= 0.3 is 5.97 Å². The number of nitrogens with one attached hydrogen (secondary N) is 1. The van der Waals surface area contributed by atoms with Gasteiger partial charge in [-0.05, 0) is 49.2 Å². The topological polar surface area (TPSA) is 71.8 Å². The Kier molecular flexibility index (Phi) is 5.33. The summed E-state index contributed by atoms with van der Waals surface area (Å²) in [6.07, 6.45) is 1.52. The van der Waals surface area contributed by atoms with Gasteiger partial charge in [0, 0.05) is 17.9 Å². The highest BCUT2D eigenvalue weighted by Crippen LogP contribution is 2.28. The zero-order chi connectivity index (χ0) is 20.2. The van der Waals surface area contributed by atoms with Crippen LogP contribution in [0.15, 0.2) is 71.3 Å². The van der Waals surface area contributed by atoms with E-state index in [-0.39, 0.29) is 5.91 Å². The van der Waals surface area contributed by atoms with E-state index in [0.717, 1.165) is 23.4 Å². The van der Waals surface area contributed by atoms with Crippen molar-refractivity contribution in [3.8, 4) is 0 Å². The minimum atomic E-state index is -0.883. The molecular formula is C23H22N2O4. The molecule has 1 atom stereocenters. The van der Waals surface area contributed by atoms with Crippen molar-refractivity contribution in [2.75, 3.05) is 16.8 Å². The molecule has 1 N–H and O–H groups in total. The number of fused-ring (bicyclic) bond motifs is 1. The molecule has 4 rings (SSSR count). The predicted molar refractivity (Wildman–Crippen MR) is 110 cm³/mol. The Labute approximate surface area is 169 Å². The largest absolute Gasteiger partial charge is 0.467 e. The van der Waals surface area contributed by atoms with Crippen LogP contribution in [0.4, 0.5) is 11.4 Å². The third-order valence-corrected chi connectivity index (χ3v) is 4.96. The summed E-state index contributed by atoms with van der Waals surface area (Å²) in [5.41, 5.74) is 3.02. The van der Waals surface area contributed by atoms with E-state index in [1.165, 1.54) is 0 Å². The van der Waals surface area contributed by atoms with Crippen molar-refractivity contribution in [2.24, 2.45) is 0 Å². The molecule has 0 saturated carbocycles. The van der Waals surface area contributed by atoms with Crippen LogP contribution in [0.1, 0.15) is 28.6 Å². The van der Waals surface area contributed by atoms with Crippen molar-refractivity contribution in [2.45, 2.75) is 26.0 Å². The summed E-state index contributed by atoms with van der Waals surface area (Å²) in [5, 5.41) is 3.18. The van der Waals surface area contributed by atoms with Crippen molar-refractivity contribution in [3.05, 3.63) is 83.8 Å². The predicted octanol–water partition coefficient (Wildman–Crippen LogP) is 4.03. The summed E-state index contributed by atoms with van der Waals surface area (Å²) in [4.78, 5) is 27.3. The van der Waals surface area contributed by atoms with Gasteiger partial charge in [0.1, 0.15) is 5.76 Å². The van der Waals surface area contributed by atoms with Crippen LogP contribution >= 0.6 is 0 Å². The van der Waals surface area contributed by atoms with Crippen LogP contribution in [0.25, 0.3) is 0 Å². The Morgan fingerprint density at radius 2 is 1.90 bits per heavy atom. The Morgan fingerprint density at radius 1 is 1.10 bits per heavy atom. The summed E-state index contributed by atoms with van der Waals surface area (Å²) in [7, 11) is 0. The molecule has 3 aromatic rings. The first-order valence-corrected chi connectivity index (χ1v) is 9.59. The number of carbonyl (C=O) groups is 2. The van der Waals surface area contributed by atoms with Crippen LogP contribution in [-0.2, 0) is 22.5 Å². The zero-order valence-corrected chi connectivity index (χ0v) is 16.1. The minimum Gasteiger partial charge on any atom is -0.467 e. The maximum atomic E-state index is 12.9. The van der Waals surface area contributed by atoms with E-state index in [9.17, 15) is 9.59 Å². The van der Waals surface area contributed by atoms with Crippen molar-refractivity contribution < 1.29 is 18.7 Å². The Morgan fingerprint density at radius 3 is 2.72 bits per heavy atom. The van der Waals surface area contributed by atoms with Crippen LogP contribution in [0, 0.1) is 0 Å². The summed E-state index contributed by atoms with van der Waals surface area (Å²) in [6.45, 7) is 2.65. The van der Waals surface area contributed by atoms with E-state index in [4.69, 9.17) is 9.15 Å². The first-order valence-electron chi connectivity index (χ1n) is 9.59. The van der Waals surface area contributed by atoms with Gasteiger partial charge in [-0.1, -0.05) is 30.3 Å². The van der Waals surface area contributed by atoms with Crippen molar-refractivity contribution in [3.63, 3.8) is 0 Å². The molecule has 2 heterocycles. The normalized spacial score (nSPS) is 13.6. The second kappa shape index (κ2) is 8.22. The van der Waals surface area contributed by atoms with Gasteiger partial charge in [0.15, 0.2) is 6.10 Å². The molecule has 0 aliphatic carbocycles. The molecule has 0 fully saturated rings. The molecule has 0 radical (unpaired) electrons. The van der Waals surface area contributed by atoms with Crippen molar-refractivity contribution >= 4 is 23.3 Å². The first-order chi connectivity index (χ1) is 14.1. The molecule has 2 aromatic carbocycles. The number of benzene rings is 2. The lowest BCUT2D eigenvalue weighted by molar-refractivity contribution is -0.126. The molecule has 0 saturated heterocycles. The maximum absolute atomic E-state index is 12.9. The Bertz CT molecular complexity index is 1010. The third kappa shape index (κ3) is 4.01. The quantitative estimate of drug-likeness (QED) is 0.644. The number of ether oxygens (including phenoxy) is 1. The van der Waals surface area contributed by atoms with E-state index < -0.39 is 12.1 Å². The lowest BCUT2D eigenvalue weighted by Crippen LogP contribution is -2.39. The van der Waals surface area contributed by atoms with Crippen molar-refractivity contribution in [1.29, 1.82) is 0 Å². The lowest BCUT2D eigenvalue weighted by Gasteiger charge is -2.22. The average molecular weight is 390 g/mol. The van der Waals surface area contributed by atoms with Gasteiger partial charge in [0.2, 0.25) is 0 Å². The fourth-order valence-electron chi connectivity index (χ4n) is 3.47. The number of nitrogens with zero attached hydrogens (tertiary/aromatic N) is 1. The molecular weight excluding hydrogens is 368 g/mol. The van der Waals surface area contributed by atoms with Gasteiger partial charge in [0.25, 0.3) is 5.91 Å². The van der Waals surface area contributed by atoms with Crippen LogP contribution in [-0.4, -0.2) is 24.5 Å². The van der Waals surface area contributed by atoms with Crippen LogP contribution in [0.3, 0.4) is 0 Å². The summed E-state index contributed by atoms with van der Waals surface area (Å²) in [6, 6.07) is 18.5. The van der Waals surface area contributed by atoms with E-state index in [0.29, 0.717) is 24.3 Å². The number of rotatable bonds is 6. The van der Waals surface area contributed by atoms with Gasteiger partial charge in [-0.2, -0.15) is 0 Å². The summed E-state index contributed by atoms with van der Waals surface area (Å²) < 4.78 is 10.8. The Balaban J connectivity index is 1.43. The lowest BCUT2D eigenvalue weighted by atomic mass is 10.1. The summed E-state index contributed by atoms with van der Waals surface area (Å²) in [5.74, 6) is -0.00498. The standard InChI is InChI=1S/C23H22N2O4/c1-16(22(26)25-13-12-17-7-2-5-11-21(17)25)29-23(27)19-9-3-4-10-20(19)24-15-18-8-6-14-28-18/h2-11,14,16,24H,12-13,15H2,1H3/t16-/m1/s1. The average Bonchev–Trinajstić information content (AvgIpc) is 3.41. The van der Waals surface area contributed by atoms with E-state index >= 15 is 0 Å². The zero-order valence-electron chi connectivity index (χ0n) is 16.1. The monoisotopic (exact) mass is 390 g/mol. The van der Waals surface area contributed by atoms with Gasteiger partial charge < -0.3 is 19.4 Å². The number of furan rings is 1. The SMILES string of the molecule is C[C@@H](OC(=O)c1ccccc1NCc1ccco1)C(=O)N1CCc2ccccc21. The molecule has 0 spiro atoms. The number of hydrogen-bond donors (Lipinski definition) is 1. The fraction of sp³-hybridized carbons (Fsp3) is 0.217. The van der Waals surface area contributed by atoms with Crippen LogP contribution < -0.4 is 10.2 Å². The first kappa shape index (κ1) is 18.8. The number of para-hydroxylation sites is 2. The van der Waals surface area contributed by atoms with Gasteiger partial charge in [0.05, 0.1) is 18.4 Å². The van der Waals surface area contributed by atoms with Gasteiger partial charge in [-0.15, -0.1) is 0 Å². The molecule has 0 bridgehead atoms. The van der Waals surface area contributed by atoms with Crippen molar-refractivity contribution in [1.82, 2.24) is 0 Å². The van der Waals surface area contributed by atoms with E-state index in [2.05, 4.69) is 5.32 Å². The fourth-order valence-corrected chi connectivity index (χ4v) is 3.47. The molecule has 148 valence electrons. The molecule has 1 aliphatic rings. The summed E-state index contributed by atoms with van der Waals surface area (Å²) >= 11 is 0. The molecule has 1 aromatic heterocycles. The van der Waals surface area contributed by atoms with Gasteiger partial charge in [-0.3, -0.25) is 4.79 Å².